The van der Waals surface area contributed by atoms with E-state index in [0.29, 0.717) is 34.3 Å². The quantitative estimate of drug-likeness (QED) is 0.109. The summed E-state index contributed by atoms with van der Waals surface area (Å²) in [4.78, 5) is 3.82. The number of rotatable bonds is 7. The third-order valence-electron chi connectivity index (χ3n) is 5.59. The summed E-state index contributed by atoms with van der Waals surface area (Å²) in [7, 11) is 0. The van der Waals surface area contributed by atoms with Crippen molar-refractivity contribution in [2.24, 2.45) is 0 Å². The van der Waals surface area contributed by atoms with Gasteiger partial charge in [0.05, 0.1) is 10.2 Å². The van der Waals surface area contributed by atoms with Crippen LogP contribution in [0.2, 0.25) is 0 Å². The van der Waals surface area contributed by atoms with Crippen molar-refractivity contribution in [3.05, 3.63) is 113 Å². The Morgan fingerprint density at radius 1 is 0.725 bits per heavy atom. The summed E-state index contributed by atoms with van der Waals surface area (Å²) in [5, 5.41) is -0.835. The van der Waals surface area contributed by atoms with E-state index in [-0.39, 0.29) is 33.7 Å². The molecule has 0 aliphatic heterocycles. The van der Waals surface area contributed by atoms with Crippen LogP contribution in [0.3, 0.4) is 0 Å². The van der Waals surface area contributed by atoms with Crippen LogP contribution in [-0.4, -0.2) is 4.98 Å². The molecule has 3 nitrogen and oxygen atoms in total. The fourth-order valence-electron chi connectivity index (χ4n) is 3.77. The van der Waals surface area contributed by atoms with Crippen molar-refractivity contribution in [3.63, 3.8) is 0 Å². The number of aromatic nitrogens is 1. The van der Waals surface area contributed by atoms with Crippen LogP contribution in [-0.2, 0) is 6.11 Å². The van der Waals surface area contributed by atoms with Gasteiger partial charge in [0.25, 0.3) is 0 Å². The van der Waals surface area contributed by atoms with Crippen LogP contribution in [0.4, 0.5) is 35.1 Å². The predicted molar refractivity (Wildman–Crippen MR) is 132 cm³/mol. The lowest BCUT2D eigenvalue weighted by Gasteiger charge is -2.15. The summed E-state index contributed by atoms with van der Waals surface area (Å²) >= 11 is 0.524. The van der Waals surface area contributed by atoms with Gasteiger partial charge in [-0.05, 0) is 47.0 Å². The number of hydrogen-bond donors (Lipinski definition) is 0. The number of thiazole rings is 1. The highest BCUT2D eigenvalue weighted by Gasteiger charge is 2.39. The normalized spacial score (nSPS) is 11.5. The Morgan fingerprint density at radius 2 is 1.38 bits per heavy atom. The lowest BCUT2D eigenvalue weighted by atomic mass is 9.99. The van der Waals surface area contributed by atoms with E-state index in [1.807, 2.05) is 0 Å². The van der Waals surface area contributed by atoms with E-state index in [9.17, 15) is 30.7 Å². The van der Waals surface area contributed by atoms with Crippen LogP contribution >= 0.6 is 11.3 Å². The average Bonchev–Trinajstić information content (AvgIpc) is 3.35. The van der Waals surface area contributed by atoms with Gasteiger partial charge in [0.1, 0.15) is 17.3 Å². The summed E-state index contributed by atoms with van der Waals surface area (Å²) in [6.07, 6.45) is -5.80. The maximum Gasteiger partial charge on any atom is 0.454 e. The largest absolute Gasteiger partial charge is 0.459 e. The smallest absolute Gasteiger partial charge is 0.454 e. The molecule has 5 rings (SSSR count). The molecule has 0 N–H and O–H groups in total. The Balaban J connectivity index is 1.39. The van der Waals surface area contributed by atoms with E-state index in [1.54, 1.807) is 18.2 Å². The fourth-order valence-corrected chi connectivity index (χ4v) is 4.68. The first-order valence-electron chi connectivity index (χ1n) is 11.2. The third kappa shape index (κ3) is 5.62. The van der Waals surface area contributed by atoms with Gasteiger partial charge in [-0.1, -0.05) is 30.3 Å². The molecule has 0 spiro atoms. The van der Waals surface area contributed by atoms with Crippen molar-refractivity contribution in [1.82, 2.24) is 4.98 Å². The summed E-state index contributed by atoms with van der Waals surface area (Å²) in [6.45, 7) is 0. The molecule has 5 aromatic rings. The zero-order valence-electron chi connectivity index (χ0n) is 19.7. The third-order valence-corrected chi connectivity index (χ3v) is 6.66. The van der Waals surface area contributed by atoms with Crippen molar-refractivity contribution < 1.29 is 44.6 Å². The second kappa shape index (κ2) is 10.6. The Morgan fingerprint density at radius 3 is 2.02 bits per heavy atom. The Labute approximate surface area is 224 Å². The first-order valence-corrected chi connectivity index (χ1v) is 12.0. The zero-order valence-corrected chi connectivity index (χ0v) is 20.5. The standard InChI is InChI=1S/C28H13F8NO2S/c29-20-9-15(14-1-5-17(6-2-14)38-13-25(32)33)3-7-19(20)16-4-8-23-24(10-16)40-27(37-23)28(35,36)39-18-11-21(30)26(34)22(31)12-18/h1-13H. The van der Waals surface area contributed by atoms with Crippen LogP contribution in [0.5, 0.6) is 11.5 Å². The van der Waals surface area contributed by atoms with E-state index in [2.05, 4.69) is 9.72 Å². The van der Waals surface area contributed by atoms with E-state index < -0.39 is 46.2 Å². The molecule has 0 atom stereocenters. The molecule has 0 unspecified atom stereocenters. The van der Waals surface area contributed by atoms with Crippen LogP contribution in [0.25, 0.3) is 32.5 Å². The van der Waals surface area contributed by atoms with Gasteiger partial charge in [-0.25, -0.2) is 22.5 Å². The maximum atomic E-state index is 15.1. The Bertz CT molecular complexity index is 1720. The van der Waals surface area contributed by atoms with E-state index in [4.69, 9.17) is 4.74 Å². The van der Waals surface area contributed by atoms with Crippen LogP contribution < -0.4 is 9.47 Å². The molecule has 0 amide bonds. The lowest BCUT2D eigenvalue weighted by molar-refractivity contribution is -0.185. The molecule has 1 heterocycles. The number of fused-ring (bicyclic) bond motifs is 1. The first-order chi connectivity index (χ1) is 19.0. The molecule has 0 fully saturated rings. The van der Waals surface area contributed by atoms with Gasteiger partial charge < -0.3 is 9.47 Å². The highest BCUT2D eigenvalue weighted by Crippen LogP contribution is 2.39. The monoisotopic (exact) mass is 579 g/mol. The number of nitrogens with zero attached hydrogens (tertiary/aromatic N) is 1. The van der Waals surface area contributed by atoms with Crippen molar-refractivity contribution in [1.29, 1.82) is 0 Å². The Kier molecular flexibility index (Phi) is 7.19. The van der Waals surface area contributed by atoms with Gasteiger partial charge in [0, 0.05) is 17.7 Å². The molecular weight excluding hydrogens is 566 g/mol. The summed E-state index contributed by atoms with van der Waals surface area (Å²) in [6, 6.07) is 15.3. The van der Waals surface area contributed by atoms with Crippen molar-refractivity contribution in [2.45, 2.75) is 6.11 Å². The van der Waals surface area contributed by atoms with Crippen LogP contribution in [0.15, 0.2) is 85.1 Å². The number of alkyl halides is 2. The van der Waals surface area contributed by atoms with Gasteiger partial charge in [0.15, 0.2) is 23.7 Å². The minimum Gasteiger partial charge on any atom is -0.459 e. The predicted octanol–water partition coefficient (Wildman–Crippen LogP) is 9.43. The van der Waals surface area contributed by atoms with Gasteiger partial charge in [-0.15, -0.1) is 11.3 Å². The van der Waals surface area contributed by atoms with Gasteiger partial charge >= 0.3 is 12.2 Å². The molecule has 0 aliphatic rings. The van der Waals surface area contributed by atoms with Crippen LogP contribution in [0.1, 0.15) is 5.01 Å². The van der Waals surface area contributed by atoms with Crippen molar-refractivity contribution in [3.8, 4) is 33.8 Å². The second-order valence-electron chi connectivity index (χ2n) is 8.27. The van der Waals surface area contributed by atoms with Gasteiger partial charge in [-0.3, -0.25) is 0 Å². The van der Waals surface area contributed by atoms with Crippen molar-refractivity contribution in [2.75, 3.05) is 0 Å². The van der Waals surface area contributed by atoms with Gasteiger partial charge in [-0.2, -0.15) is 17.6 Å². The molecule has 40 heavy (non-hydrogen) atoms. The Hall–Kier alpha value is -4.45. The molecule has 1 aromatic heterocycles. The summed E-state index contributed by atoms with van der Waals surface area (Å²) in [5.41, 5.74) is 1.76. The molecule has 12 heteroatoms. The molecule has 4 aromatic carbocycles. The average molecular weight is 579 g/mol. The molecule has 0 saturated heterocycles. The number of halogens is 8. The number of ether oxygens (including phenoxy) is 2. The molecule has 0 radical (unpaired) electrons. The zero-order chi connectivity index (χ0) is 28.6. The summed E-state index contributed by atoms with van der Waals surface area (Å²) in [5.74, 6) is -6.59. The number of benzene rings is 4. The first kappa shape index (κ1) is 27.1. The highest BCUT2D eigenvalue weighted by atomic mass is 32.1. The SMILES string of the molecule is FC(F)=COc1ccc(-c2ccc(-c3ccc4nc(C(F)(F)Oc5cc(F)c(F)c(F)c5)sc4c3)c(F)c2)cc1. The maximum absolute atomic E-state index is 15.1. The number of hydrogen-bond acceptors (Lipinski definition) is 4. The van der Waals surface area contributed by atoms with Crippen LogP contribution in [0, 0.1) is 23.3 Å². The molecule has 0 bridgehead atoms. The van der Waals surface area contributed by atoms with Gasteiger partial charge in [0.2, 0.25) is 5.01 Å². The minimum atomic E-state index is -4.11. The molecule has 0 saturated carbocycles. The molecule has 0 aliphatic carbocycles. The molecular formula is C28H13F8NO2S. The molecule has 204 valence electrons. The topological polar surface area (TPSA) is 31.4 Å². The van der Waals surface area contributed by atoms with E-state index in [0.717, 1.165) is 0 Å². The summed E-state index contributed by atoms with van der Waals surface area (Å²) < 4.78 is 118. The lowest BCUT2D eigenvalue weighted by Crippen LogP contribution is -2.21. The van der Waals surface area contributed by atoms with Crippen molar-refractivity contribution >= 4 is 21.6 Å². The minimum absolute atomic E-state index is 0.144. The van der Waals surface area contributed by atoms with E-state index >= 15 is 4.39 Å². The second-order valence-corrected chi connectivity index (χ2v) is 9.30. The fraction of sp³-hybridized carbons (Fsp3) is 0.0357. The highest BCUT2D eigenvalue weighted by molar-refractivity contribution is 7.18. The van der Waals surface area contributed by atoms with E-state index in [1.165, 1.54) is 42.5 Å².